The molecule has 22 heavy (non-hydrogen) atoms. The maximum absolute atomic E-state index is 10.1. The zero-order valence-electron chi connectivity index (χ0n) is 11.8. The molecule has 0 amide bonds. The van der Waals surface area contributed by atoms with Crippen LogP contribution in [0.4, 0.5) is 0 Å². The summed E-state index contributed by atoms with van der Waals surface area (Å²) in [6, 6.07) is 22.4. The number of para-hydroxylation sites is 1. The monoisotopic (exact) mass is 283 g/mol. The van der Waals surface area contributed by atoms with E-state index < -0.39 is 0 Å². The van der Waals surface area contributed by atoms with Crippen molar-refractivity contribution >= 4 is 32.6 Å². The Hall–Kier alpha value is -3.00. The summed E-state index contributed by atoms with van der Waals surface area (Å²) in [5.41, 5.74) is 4.16. The number of phenolic OH excluding ortho intramolecular Hbond substituents is 1. The number of aromatic hydroxyl groups is 1. The van der Waals surface area contributed by atoms with E-state index in [9.17, 15) is 5.11 Å². The van der Waals surface area contributed by atoms with Crippen LogP contribution in [0.2, 0.25) is 0 Å². The van der Waals surface area contributed by atoms with Crippen LogP contribution in [-0.2, 0) is 0 Å². The summed E-state index contributed by atoms with van der Waals surface area (Å²) in [5, 5.41) is 15.1. The van der Waals surface area contributed by atoms with Crippen molar-refractivity contribution in [3.63, 3.8) is 0 Å². The summed E-state index contributed by atoms with van der Waals surface area (Å²) in [7, 11) is 0. The van der Waals surface area contributed by atoms with Crippen molar-refractivity contribution in [3.8, 4) is 16.9 Å². The Morgan fingerprint density at radius 3 is 2.41 bits per heavy atom. The van der Waals surface area contributed by atoms with Crippen LogP contribution in [0, 0.1) is 0 Å². The van der Waals surface area contributed by atoms with Gasteiger partial charge in [-0.2, -0.15) is 0 Å². The van der Waals surface area contributed by atoms with Crippen molar-refractivity contribution in [1.82, 2.24) is 4.98 Å². The standard InChI is InChI=1S/C20H13NO/c22-18-7-2-1-5-15(18)14-10-13-9-8-12-4-3-6-16-19(12)20(13)17(11-14)21-16/h1-11,21-22H. The van der Waals surface area contributed by atoms with Crippen LogP contribution in [0.15, 0.2) is 66.7 Å². The number of rotatable bonds is 1. The fraction of sp³-hybridized carbons (Fsp3) is 0. The Morgan fingerprint density at radius 2 is 1.50 bits per heavy atom. The molecule has 0 fully saturated rings. The van der Waals surface area contributed by atoms with Gasteiger partial charge in [0.1, 0.15) is 5.75 Å². The zero-order valence-corrected chi connectivity index (χ0v) is 11.8. The maximum Gasteiger partial charge on any atom is 0.123 e. The first-order valence-corrected chi connectivity index (χ1v) is 7.36. The van der Waals surface area contributed by atoms with Gasteiger partial charge in [0, 0.05) is 27.4 Å². The second kappa shape index (κ2) is 4.01. The van der Waals surface area contributed by atoms with E-state index in [1.54, 1.807) is 6.07 Å². The second-order valence-electron chi connectivity index (χ2n) is 5.73. The fourth-order valence-corrected chi connectivity index (χ4v) is 3.46. The quantitative estimate of drug-likeness (QED) is 0.403. The van der Waals surface area contributed by atoms with Crippen molar-refractivity contribution in [1.29, 1.82) is 0 Å². The van der Waals surface area contributed by atoms with Gasteiger partial charge in [-0.3, -0.25) is 0 Å². The second-order valence-corrected chi connectivity index (χ2v) is 5.73. The summed E-state index contributed by atoms with van der Waals surface area (Å²) >= 11 is 0. The van der Waals surface area contributed by atoms with Crippen molar-refractivity contribution in [2.75, 3.05) is 0 Å². The summed E-state index contributed by atoms with van der Waals surface area (Å²) in [4.78, 5) is 3.51. The molecular weight excluding hydrogens is 270 g/mol. The SMILES string of the molecule is Oc1ccccc1-c1cc2ccc3cccc4[nH]c(c1)c2c34. The van der Waals surface area contributed by atoms with Gasteiger partial charge in [-0.15, -0.1) is 0 Å². The third-order valence-electron chi connectivity index (χ3n) is 4.44. The number of nitrogens with one attached hydrogen (secondary N) is 1. The van der Waals surface area contributed by atoms with Crippen LogP contribution in [0.5, 0.6) is 5.75 Å². The van der Waals surface area contributed by atoms with Gasteiger partial charge in [0.25, 0.3) is 0 Å². The molecule has 0 unspecified atom stereocenters. The molecule has 1 heterocycles. The fourth-order valence-electron chi connectivity index (χ4n) is 3.46. The minimum Gasteiger partial charge on any atom is -0.507 e. The number of phenols is 1. The van der Waals surface area contributed by atoms with Gasteiger partial charge < -0.3 is 10.1 Å². The van der Waals surface area contributed by atoms with Crippen molar-refractivity contribution < 1.29 is 5.11 Å². The third kappa shape index (κ3) is 1.44. The van der Waals surface area contributed by atoms with Crippen LogP contribution in [-0.4, -0.2) is 10.1 Å². The van der Waals surface area contributed by atoms with Gasteiger partial charge >= 0.3 is 0 Å². The molecule has 0 aliphatic heterocycles. The Kier molecular flexibility index (Phi) is 2.12. The van der Waals surface area contributed by atoms with E-state index in [4.69, 9.17) is 0 Å². The molecular formula is C20H13NO. The van der Waals surface area contributed by atoms with Crippen molar-refractivity contribution in [3.05, 3.63) is 66.7 Å². The van der Waals surface area contributed by atoms with E-state index in [1.807, 2.05) is 18.2 Å². The lowest BCUT2D eigenvalue weighted by atomic mass is 9.97. The Morgan fingerprint density at radius 1 is 0.682 bits per heavy atom. The lowest BCUT2D eigenvalue weighted by molar-refractivity contribution is 0.477. The van der Waals surface area contributed by atoms with Crippen LogP contribution in [0.25, 0.3) is 43.7 Å². The number of H-pyrrole nitrogens is 1. The molecule has 2 nitrogen and oxygen atoms in total. The molecule has 0 atom stereocenters. The number of hydrogen-bond acceptors (Lipinski definition) is 1. The number of aromatic nitrogens is 1. The summed E-state index contributed by atoms with van der Waals surface area (Å²) in [6.07, 6.45) is 0. The minimum absolute atomic E-state index is 0.311. The molecule has 0 radical (unpaired) electrons. The molecule has 0 aliphatic carbocycles. The lowest BCUT2D eigenvalue weighted by Crippen LogP contribution is -1.81. The van der Waals surface area contributed by atoms with Gasteiger partial charge in [-0.05, 0) is 40.6 Å². The molecule has 2 heteroatoms. The average Bonchev–Trinajstić information content (AvgIpc) is 2.92. The van der Waals surface area contributed by atoms with Crippen molar-refractivity contribution in [2.45, 2.75) is 0 Å². The molecule has 5 rings (SSSR count). The zero-order chi connectivity index (χ0) is 14.7. The Bertz CT molecular complexity index is 1140. The molecule has 0 bridgehead atoms. The van der Waals surface area contributed by atoms with Crippen molar-refractivity contribution in [2.24, 2.45) is 0 Å². The Labute approximate surface area is 127 Å². The predicted molar refractivity (Wildman–Crippen MR) is 91.6 cm³/mol. The van der Waals surface area contributed by atoms with Crippen LogP contribution >= 0.6 is 0 Å². The van der Waals surface area contributed by atoms with Gasteiger partial charge in [0.15, 0.2) is 0 Å². The molecule has 0 saturated heterocycles. The number of hydrogen-bond donors (Lipinski definition) is 2. The molecule has 1 aromatic heterocycles. The highest BCUT2D eigenvalue weighted by molar-refractivity contribution is 6.23. The van der Waals surface area contributed by atoms with Crippen LogP contribution in [0.1, 0.15) is 0 Å². The first kappa shape index (κ1) is 11.6. The molecule has 2 N–H and O–H groups in total. The lowest BCUT2D eigenvalue weighted by Gasteiger charge is -2.07. The van der Waals surface area contributed by atoms with Gasteiger partial charge in [-0.25, -0.2) is 0 Å². The third-order valence-corrected chi connectivity index (χ3v) is 4.44. The smallest absolute Gasteiger partial charge is 0.123 e. The van der Waals surface area contributed by atoms with Crippen LogP contribution < -0.4 is 0 Å². The first-order chi connectivity index (χ1) is 10.8. The highest BCUT2D eigenvalue weighted by atomic mass is 16.3. The van der Waals surface area contributed by atoms with Gasteiger partial charge in [0.2, 0.25) is 0 Å². The van der Waals surface area contributed by atoms with Gasteiger partial charge in [0.05, 0.1) is 0 Å². The van der Waals surface area contributed by atoms with E-state index in [1.165, 1.54) is 21.5 Å². The number of aromatic amines is 1. The summed E-state index contributed by atoms with van der Waals surface area (Å²) in [5.74, 6) is 0.311. The predicted octanol–water partition coefficient (Wildman–Crippen LogP) is 5.28. The molecule has 0 aliphatic rings. The van der Waals surface area contributed by atoms with E-state index in [2.05, 4.69) is 47.4 Å². The molecule has 4 aromatic carbocycles. The normalized spacial score (nSPS) is 11.8. The highest BCUT2D eigenvalue weighted by Crippen LogP contribution is 2.38. The number of benzene rings is 4. The molecule has 5 aromatic rings. The molecule has 0 spiro atoms. The molecule has 104 valence electrons. The summed E-state index contributed by atoms with van der Waals surface area (Å²) < 4.78 is 0. The van der Waals surface area contributed by atoms with E-state index in [-0.39, 0.29) is 0 Å². The minimum atomic E-state index is 0.311. The van der Waals surface area contributed by atoms with Crippen LogP contribution in [0.3, 0.4) is 0 Å². The topological polar surface area (TPSA) is 36.0 Å². The van der Waals surface area contributed by atoms with E-state index in [0.717, 1.165) is 22.2 Å². The van der Waals surface area contributed by atoms with Gasteiger partial charge in [-0.1, -0.05) is 42.5 Å². The largest absolute Gasteiger partial charge is 0.507 e. The highest BCUT2D eigenvalue weighted by Gasteiger charge is 2.13. The molecule has 0 saturated carbocycles. The average molecular weight is 283 g/mol. The summed E-state index contributed by atoms with van der Waals surface area (Å²) in [6.45, 7) is 0. The maximum atomic E-state index is 10.1. The first-order valence-electron chi connectivity index (χ1n) is 7.36. The Balaban J connectivity index is 1.94. The van der Waals surface area contributed by atoms with E-state index >= 15 is 0 Å². The van der Waals surface area contributed by atoms with E-state index in [0.29, 0.717) is 5.75 Å².